The number of fused-ring (bicyclic) bond motifs is 1. The van der Waals surface area contributed by atoms with Gasteiger partial charge in [0.2, 0.25) is 0 Å². The first-order chi connectivity index (χ1) is 9.09. The molecular weight excluding hydrogens is 260 g/mol. The third-order valence-electron chi connectivity index (χ3n) is 3.74. The molecule has 5 nitrogen and oxygen atoms in total. The largest absolute Gasteiger partial charge is 0.395 e. The number of H-pyrrole nitrogens is 1. The molecule has 2 aromatic rings. The van der Waals surface area contributed by atoms with Crippen LogP contribution in [0.2, 0.25) is 0 Å². The third kappa shape index (κ3) is 1.83. The van der Waals surface area contributed by atoms with Crippen LogP contribution in [0, 0.1) is 6.92 Å². The van der Waals surface area contributed by atoms with Crippen LogP contribution in [-0.2, 0) is 6.42 Å². The van der Waals surface area contributed by atoms with Crippen LogP contribution in [0.5, 0.6) is 0 Å². The average molecular weight is 276 g/mol. The number of amides is 1. The summed E-state index contributed by atoms with van der Waals surface area (Å²) in [5.74, 6) is -0.0915. The fourth-order valence-electron chi connectivity index (χ4n) is 2.52. The quantitative estimate of drug-likeness (QED) is 0.837. The predicted molar refractivity (Wildman–Crippen MR) is 75.2 cm³/mol. The highest BCUT2D eigenvalue weighted by Crippen LogP contribution is 2.34. The van der Waals surface area contributed by atoms with Gasteiger partial charge < -0.3 is 10.6 Å². The number of hydrogen-bond acceptors (Lipinski definition) is 4. The second-order valence-electron chi connectivity index (χ2n) is 4.83. The summed E-state index contributed by atoms with van der Waals surface area (Å²) in [7, 11) is 0. The van der Waals surface area contributed by atoms with Gasteiger partial charge in [0.25, 0.3) is 5.91 Å². The minimum Gasteiger partial charge on any atom is -0.395 e. The standard InChI is InChI=1S/C13H16N4OS/c1-7-11(14)12(16-15-7)13(18)17-5-3-10-9(8(17)2)4-6-19-10/h4,6,8H,3,5,14H2,1-2H3,(H,15,16). The number of aromatic nitrogens is 2. The van der Waals surface area contributed by atoms with Crippen LogP contribution in [-0.4, -0.2) is 27.5 Å². The summed E-state index contributed by atoms with van der Waals surface area (Å²) >= 11 is 1.76. The number of rotatable bonds is 1. The number of nitrogens with one attached hydrogen (secondary N) is 1. The molecule has 0 bridgehead atoms. The fraction of sp³-hybridized carbons (Fsp3) is 0.385. The van der Waals surface area contributed by atoms with Crippen molar-refractivity contribution in [2.75, 3.05) is 12.3 Å². The van der Waals surface area contributed by atoms with Crippen LogP contribution in [0.25, 0.3) is 0 Å². The molecule has 100 valence electrons. The van der Waals surface area contributed by atoms with E-state index in [4.69, 9.17) is 5.73 Å². The lowest BCUT2D eigenvalue weighted by Crippen LogP contribution is -2.38. The van der Waals surface area contributed by atoms with E-state index in [0.717, 1.165) is 18.7 Å². The van der Waals surface area contributed by atoms with Crippen molar-refractivity contribution >= 4 is 22.9 Å². The Hall–Kier alpha value is -1.82. The molecule has 3 heterocycles. The number of thiophene rings is 1. The third-order valence-corrected chi connectivity index (χ3v) is 4.73. The van der Waals surface area contributed by atoms with Crippen molar-refractivity contribution in [1.82, 2.24) is 15.1 Å². The topological polar surface area (TPSA) is 75.0 Å². The number of nitrogen functional groups attached to an aromatic ring is 1. The molecule has 2 aromatic heterocycles. The summed E-state index contributed by atoms with van der Waals surface area (Å²) in [6.07, 6.45) is 0.909. The number of nitrogens with two attached hydrogens (primary N) is 1. The maximum absolute atomic E-state index is 12.5. The van der Waals surface area contributed by atoms with Crippen molar-refractivity contribution in [3.05, 3.63) is 33.3 Å². The summed E-state index contributed by atoms with van der Waals surface area (Å²) in [5.41, 5.74) is 8.67. The molecule has 0 saturated carbocycles. The van der Waals surface area contributed by atoms with E-state index in [0.29, 0.717) is 11.4 Å². The first-order valence-corrected chi connectivity index (χ1v) is 7.15. The van der Waals surface area contributed by atoms with Gasteiger partial charge in [0.15, 0.2) is 5.69 Å². The Morgan fingerprint density at radius 2 is 2.42 bits per heavy atom. The highest BCUT2D eigenvalue weighted by Gasteiger charge is 2.31. The zero-order valence-corrected chi connectivity index (χ0v) is 11.8. The smallest absolute Gasteiger partial charge is 0.277 e. The van der Waals surface area contributed by atoms with E-state index in [1.54, 1.807) is 11.3 Å². The highest BCUT2D eigenvalue weighted by molar-refractivity contribution is 7.10. The van der Waals surface area contributed by atoms with Crippen LogP contribution in [0.15, 0.2) is 11.4 Å². The van der Waals surface area contributed by atoms with Crippen molar-refractivity contribution in [3.8, 4) is 0 Å². The molecule has 0 fully saturated rings. The summed E-state index contributed by atoms with van der Waals surface area (Å²) in [6.45, 7) is 4.59. The summed E-state index contributed by atoms with van der Waals surface area (Å²) < 4.78 is 0. The minimum absolute atomic E-state index is 0.0823. The molecule has 0 saturated heterocycles. The molecule has 0 aromatic carbocycles. The van der Waals surface area contributed by atoms with Crippen LogP contribution in [0.4, 0.5) is 5.69 Å². The molecule has 0 radical (unpaired) electrons. The van der Waals surface area contributed by atoms with Crippen molar-refractivity contribution < 1.29 is 4.79 Å². The zero-order valence-electron chi connectivity index (χ0n) is 10.9. The predicted octanol–water partition coefficient (Wildman–Crippen LogP) is 2.12. The Balaban J connectivity index is 1.92. The summed E-state index contributed by atoms with van der Waals surface area (Å²) in [4.78, 5) is 15.8. The maximum atomic E-state index is 12.5. The van der Waals surface area contributed by atoms with Gasteiger partial charge in [0, 0.05) is 11.4 Å². The average Bonchev–Trinajstić information content (AvgIpc) is 2.98. The first kappa shape index (κ1) is 12.2. The molecule has 3 rings (SSSR count). The molecule has 0 spiro atoms. The lowest BCUT2D eigenvalue weighted by Gasteiger charge is -2.33. The Bertz CT molecular complexity index is 630. The van der Waals surface area contributed by atoms with Crippen LogP contribution in [0.3, 0.4) is 0 Å². The molecule has 3 N–H and O–H groups in total. The number of nitrogens with zero attached hydrogens (tertiary/aromatic N) is 2. The highest BCUT2D eigenvalue weighted by atomic mass is 32.1. The van der Waals surface area contributed by atoms with Gasteiger partial charge in [-0.15, -0.1) is 11.3 Å². The molecule has 19 heavy (non-hydrogen) atoms. The molecule has 0 aliphatic carbocycles. The number of hydrogen-bond donors (Lipinski definition) is 2. The van der Waals surface area contributed by atoms with Crippen molar-refractivity contribution in [1.29, 1.82) is 0 Å². The molecule has 1 amide bonds. The van der Waals surface area contributed by atoms with E-state index >= 15 is 0 Å². The Kier molecular flexibility index (Phi) is 2.82. The molecule has 6 heteroatoms. The van der Waals surface area contributed by atoms with E-state index in [2.05, 4.69) is 28.6 Å². The minimum atomic E-state index is -0.0915. The summed E-state index contributed by atoms with van der Waals surface area (Å²) in [5, 5.41) is 8.88. The van der Waals surface area contributed by atoms with Gasteiger partial charge in [-0.1, -0.05) is 0 Å². The normalized spacial score (nSPS) is 18.4. The zero-order chi connectivity index (χ0) is 13.6. The summed E-state index contributed by atoms with van der Waals surface area (Å²) in [6, 6.07) is 2.18. The van der Waals surface area contributed by atoms with Crippen LogP contribution in [0.1, 0.15) is 39.6 Å². The SMILES string of the molecule is Cc1[nH]nc(C(=O)N2CCc3sccc3C2C)c1N. The number of aryl methyl sites for hydroxylation is 1. The van der Waals surface area contributed by atoms with Gasteiger partial charge in [-0.25, -0.2) is 0 Å². The van der Waals surface area contributed by atoms with Crippen molar-refractivity contribution in [2.45, 2.75) is 26.3 Å². The Morgan fingerprint density at radius 1 is 1.63 bits per heavy atom. The monoisotopic (exact) mass is 276 g/mol. The van der Waals surface area contributed by atoms with Crippen LogP contribution < -0.4 is 5.73 Å². The van der Waals surface area contributed by atoms with E-state index in [9.17, 15) is 4.79 Å². The van der Waals surface area contributed by atoms with Gasteiger partial charge in [-0.3, -0.25) is 9.89 Å². The Morgan fingerprint density at radius 3 is 3.11 bits per heavy atom. The second-order valence-corrected chi connectivity index (χ2v) is 5.84. The molecule has 1 unspecified atom stereocenters. The molecule has 1 atom stereocenters. The van der Waals surface area contributed by atoms with Crippen molar-refractivity contribution in [3.63, 3.8) is 0 Å². The fourth-order valence-corrected chi connectivity index (χ4v) is 3.49. The van der Waals surface area contributed by atoms with E-state index in [1.807, 2.05) is 11.8 Å². The molecular formula is C13H16N4OS. The van der Waals surface area contributed by atoms with Gasteiger partial charge in [0.05, 0.1) is 17.4 Å². The number of carbonyl (C=O) groups excluding carboxylic acids is 1. The van der Waals surface area contributed by atoms with Gasteiger partial charge in [0.1, 0.15) is 0 Å². The molecule has 1 aliphatic heterocycles. The molecule has 1 aliphatic rings. The number of anilines is 1. The van der Waals surface area contributed by atoms with Crippen molar-refractivity contribution in [2.24, 2.45) is 0 Å². The van der Waals surface area contributed by atoms with Gasteiger partial charge in [-0.05, 0) is 37.3 Å². The Labute approximate surface area is 115 Å². The first-order valence-electron chi connectivity index (χ1n) is 6.27. The lowest BCUT2D eigenvalue weighted by atomic mass is 10.0. The van der Waals surface area contributed by atoms with Crippen LogP contribution >= 0.6 is 11.3 Å². The number of aromatic amines is 1. The van der Waals surface area contributed by atoms with Gasteiger partial charge in [-0.2, -0.15) is 5.10 Å². The van der Waals surface area contributed by atoms with Gasteiger partial charge >= 0.3 is 0 Å². The van der Waals surface area contributed by atoms with E-state index in [1.165, 1.54) is 10.4 Å². The van der Waals surface area contributed by atoms with E-state index < -0.39 is 0 Å². The second kappa shape index (κ2) is 4.38. The van der Waals surface area contributed by atoms with E-state index in [-0.39, 0.29) is 11.9 Å². The lowest BCUT2D eigenvalue weighted by molar-refractivity contribution is 0.0674. The maximum Gasteiger partial charge on any atom is 0.277 e. The number of carbonyl (C=O) groups is 1.